The van der Waals surface area contributed by atoms with Gasteiger partial charge in [-0.3, -0.25) is 4.79 Å². The van der Waals surface area contributed by atoms with Crippen LogP contribution in [-0.2, 0) is 17.8 Å². The lowest BCUT2D eigenvalue weighted by Gasteiger charge is -2.17. The van der Waals surface area contributed by atoms with Gasteiger partial charge < -0.3 is 16.0 Å². The summed E-state index contributed by atoms with van der Waals surface area (Å²) in [5, 5.41) is 10.4. The highest BCUT2D eigenvalue weighted by Crippen LogP contribution is 2.25. The van der Waals surface area contributed by atoms with Crippen molar-refractivity contribution < 1.29 is 9.59 Å². The van der Waals surface area contributed by atoms with Gasteiger partial charge in [0.25, 0.3) is 0 Å². The Morgan fingerprint density at radius 3 is 3.00 bits per heavy atom. The Hall–Kier alpha value is -2.34. The summed E-state index contributed by atoms with van der Waals surface area (Å²) in [7, 11) is 0. The third kappa shape index (κ3) is 3.41. The van der Waals surface area contributed by atoms with Crippen LogP contribution in [0.5, 0.6) is 0 Å². The fraction of sp³-hybridized carbons (Fsp3) is 0.200. The van der Waals surface area contributed by atoms with E-state index in [4.69, 9.17) is 0 Å². The molecule has 0 fully saturated rings. The number of hydrogen-bond donors (Lipinski definition) is 3. The van der Waals surface area contributed by atoms with Crippen LogP contribution in [0.1, 0.15) is 16.9 Å². The predicted octanol–water partition coefficient (Wildman–Crippen LogP) is 2.95. The van der Waals surface area contributed by atoms with Crippen molar-refractivity contribution in [2.45, 2.75) is 19.4 Å². The number of aryl methyl sites for hydroxylation is 1. The summed E-state index contributed by atoms with van der Waals surface area (Å²) in [4.78, 5) is 24.2. The topological polar surface area (TPSA) is 70.2 Å². The fourth-order valence-corrected chi connectivity index (χ4v) is 2.86. The van der Waals surface area contributed by atoms with Crippen LogP contribution in [0.3, 0.4) is 0 Å². The van der Waals surface area contributed by atoms with Crippen molar-refractivity contribution >= 4 is 34.6 Å². The number of carbonyl (C=O) groups is 2. The zero-order chi connectivity index (χ0) is 14.7. The van der Waals surface area contributed by atoms with E-state index < -0.39 is 0 Å². The Balaban J connectivity index is 1.60. The summed E-state index contributed by atoms with van der Waals surface area (Å²) in [5.41, 5.74) is 2.61. The number of urea groups is 1. The second-order valence-electron chi connectivity index (χ2n) is 4.81. The standard InChI is InChI=1S/C15H15N3O2S/c19-14-6-3-10-8-11(4-5-13(10)18-14)17-15(20)16-9-12-2-1-7-21-12/h1-2,4-5,7-8H,3,6,9H2,(H,18,19)(H2,16,17,20). The van der Waals surface area contributed by atoms with E-state index in [-0.39, 0.29) is 11.9 Å². The molecule has 6 heteroatoms. The van der Waals surface area contributed by atoms with Crippen LogP contribution >= 0.6 is 11.3 Å². The van der Waals surface area contributed by atoms with E-state index in [0.717, 1.165) is 21.8 Å². The van der Waals surface area contributed by atoms with Gasteiger partial charge in [-0.05, 0) is 41.6 Å². The second-order valence-corrected chi connectivity index (χ2v) is 5.84. The van der Waals surface area contributed by atoms with E-state index >= 15 is 0 Å². The largest absolute Gasteiger partial charge is 0.333 e. The summed E-state index contributed by atoms with van der Waals surface area (Å²) < 4.78 is 0. The first-order valence-corrected chi connectivity index (χ1v) is 7.59. The molecule has 1 aliphatic heterocycles. The van der Waals surface area contributed by atoms with Crippen molar-refractivity contribution in [3.8, 4) is 0 Å². The van der Waals surface area contributed by atoms with Gasteiger partial charge in [-0.15, -0.1) is 11.3 Å². The Bertz CT molecular complexity index is 668. The average Bonchev–Trinajstić information content (AvgIpc) is 2.99. The molecule has 21 heavy (non-hydrogen) atoms. The van der Waals surface area contributed by atoms with Crippen molar-refractivity contribution in [1.29, 1.82) is 0 Å². The first-order valence-electron chi connectivity index (χ1n) is 6.71. The molecule has 0 unspecified atom stereocenters. The van der Waals surface area contributed by atoms with Crippen LogP contribution in [0.2, 0.25) is 0 Å². The minimum Gasteiger partial charge on any atom is -0.333 e. The van der Waals surface area contributed by atoms with Crippen LogP contribution in [0.15, 0.2) is 35.7 Å². The molecule has 108 valence electrons. The zero-order valence-corrected chi connectivity index (χ0v) is 12.1. The van der Waals surface area contributed by atoms with Gasteiger partial charge in [0.2, 0.25) is 5.91 Å². The molecular weight excluding hydrogens is 286 g/mol. The molecule has 2 aromatic rings. The highest BCUT2D eigenvalue weighted by Gasteiger charge is 2.15. The Labute approximate surface area is 126 Å². The molecule has 3 N–H and O–H groups in total. The molecule has 3 amide bonds. The maximum Gasteiger partial charge on any atom is 0.319 e. The van der Waals surface area contributed by atoms with Gasteiger partial charge in [0.1, 0.15) is 0 Å². The summed E-state index contributed by atoms with van der Waals surface area (Å²) >= 11 is 1.61. The number of hydrogen-bond acceptors (Lipinski definition) is 3. The molecule has 0 spiro atoms. The molecule has 1 aromatic heterocycles. The molecule has 0 saturated heterocycles. The van der Waals surface area contributed by atoms with Gasteiger partial charge in [-0.2, -0.15) is 0 Å². The van der Waals surface area contributed by atoms with Crippen molar-refractivity contribution in [3.63, 3.8) is 0 Å². The molecule has 3 rings (SSSR count). The van der Waals surface area contributed by atoms with Gasteiger partial charge in [0.15, 0.2) is 0 Å². The smallest absolute Gasteiger partial charge is 0.319 e. The summed E-state index contributed by atoms with van der Waals surface area (Å²) in [5.74, 6) is 0.0388. The van der Waals surface area contributed by atoms with E-state index in [1.165, 1.54) is 0 Å². The molecule has 0 radical (unpaired) electrons. The van der Waals surface area contributed by atoms with Crippen molar-refractivity contribution in [2.24, 2.45) is 0 Å². The molecule has 0 aliphatic carbocycles. The van der Waals surface area contributed by atoms with E-state index in [1.807, 2.05) is 29.6 Å². The number of nitrogens with one attached hydrogen (secondary N) is 3. The van der Waals surface area contributed by atoms with Gasteiger partial charge in [-0.25, -0.2) is 4.79 Å². The van der Waals surface area contributed by atoms with Crippen LogP contribution in [0.4, 0.5) is 16.2 Å². The normalized spacial score (nSPS) is 13.2. The van der Waals surface area contributed by atoms with E-state index in [0.29, 0.717) is 19.4 Å². The van der Waals surface area contributed by atoms with Crippen LogP contribution in [-0.4, -0.2) is 11.9 Å². The van der Waals surface area contributed by atoms with E-state index in [1.54, 1.807) is 17.4 Å². The molecular formula is C15H15N3O2S. The van der Waals surface area contributed by atoms with Gasteiger partial charge >= 0.3 is 6.03 Å². The first-order chi connectivity index (χ1) is 10.2. The Morgan fingerprint density at radius 2 is 2.19 bits per heavy atom. The minimum absolute atomic E-state index is 0.0388. The van der Waals surface area contributed by atoms with E-state index in [2.05, 4.69) is 16.0 Å². The first kappa shape index (κ1) is 13.6. The molecule has 0 bridgehead atoms. The molecule has 5 nitrogen and oxygen atoms in total. The lowest BCUT2D eigenvalue weighted by Crippen LogP contribution is -2.28. The lowest BCUT2D eigenvalue weighted by atomic mass is 10.0. The Morgan fingerprint density at radius 1 is 1.29 bits per heavy atom. The average molecular weight is 301 g/mol. The second kappa shape index (κ2) is 5.97. The number of anilines is 2. The molecule has 1 aromatic carbocycles. The van der Waals surface area contributed by atoms with Crippen molar-refractivity contribution in [3.05, 3.63) is 46.2 Å². The third-order valence-electron chi connectivity index (χ3n) is 3.26. The summed E-state index contributed by atoms with van der Waals surface area (Å²) in [6.07, 6.45) is 1.19. The van der Waals surface area contributed by atoms with Crippen molar-refractivity contribution in [1.82, 2.24) is 5.32 Å². The number of rotatable bonds is 3. The summed E-state index contributed by atoms with van der Waals surface area (Å²) in [6, 6.07) is 9.21. The van der Waals surface area contributed by atoms with E-state index in [9.17, 15) is 9.59 Å². The maximum absolute atomic E-state index is 11.8. The van der Waals surface area contributed by atoms with Gasteiger partial charge in [-0.1, -0.05) is 6.07 Å². The highest BCUT2D eigenvalue weighted by atomic mass is 32.1. The van der Waals surface area contributed by atoms with Crippen molar-refractivity contribution in [2.75, 3.05) is 10.6 Å². The van der Waals surface area contributed by atoms with Crippen LogP contribution < -0.4 is 16.0 Å². The lowest BCUT2D eigenvalue weighted by molar-refractivity contribution is -0.116. The number of carbonyl (C=O) groups excluding carboxylic acids is 2. The quantitative estimate of drug-likeness (QED) is 0.815. The maximum atomic E-state index is 11.8. The Kier molecular flexibility index (Phi) is 3.87. The fourth-order valence-electron chi connectivity index (χ4n) is 2.22. The number of thiophene rings is 1. The molecule has 1 aliphatic rings. The summed E-state index contributed by atoms with van der Waals surface area (Å²) in [6.45, 7) is 0.518. The number of amides is 3. The van der Waals surface area contributed by atoms with Crippen LogP contribution in [0.25, 0.3) is 0 Å². The number of benzene rings is 1. The zero-order valence-electron chi connectivity index (χ0n) is 11.3. The molecule has 0 atom stereocenters. The predicted molar refractivity (Wildman–Crippen MR) is 83.6 cm³/mol. The minimum atomic E-state index is -0.233. The van der Waals surface area contributed by atoms with Crippen LogP contribution in [0, 0.1) is 0 Å². The SMILES string of the molecule is O=C1CCc2cc(NC(=O)NCc3cccs3)ccc2N1. The van der Waals surface area contributed by atoms with Gasteiger partial charge in [0, 0.05) is 22.7 Å². The number of fused-ring (bicyclic) bond motifs is 1. The third-order valence-corrected chi connectivity index (χ3v) is 4.14. The van der Waals surface area contributed by atoms with Gasteiger partial charge in [0.05, 0.1) is 6.54 Å². The molecule has 2 heterocycles. The monoisotopic (exact) mass is 301 g/mol. The molecule has 0 saturated carbocycles. The highest BCUT2D eigenvalue weighted by molar-refractivity contribution is 7.09.